The summed E-state index contributed by atoms with van der Waals surface area (Å²) < 4.78 is 37.8. The van der Waals surface area contributed by atoms with Crippen molar-refractivity contribution in [1.82, 2.24) is 15.0 Å². The predicted molar refractivity (Wildman–Crippen MR) is 85.3 cm³/mol. The van der Waals surface area contributed by atoms with Crippen molar-refractivity contribution in [3.05, 3.63) is 41.4 Å². The first-order valence-corrected chi connectivity index (χ1v) is 7.82. The van der Waals surface area contributed by atoms with Gasteiger partial charge in [-0.25, -0.2) is 9.97 Å². The number of alkyl halides is 3. The fourth-order valence-corrected chi connectivity index (χ4v) is 2.74. The standard InChI is InChI=1S/C15H15ClF3N5/c16-12-9-20-10-14(22-12)24-5-1-4-23(6-7-24)13-3-2-11(8-21-13)15(17,18)19/h2-3,8-10H,1,4-7H2. The molecule has 0 bridgehead atoms. The Morgan fingerprint density at radius 1 is 0.917 bits per heavy atom. The van der Waals surface area contributed by atoms with Crippen LogP contribution in [-0.4, -0.2) is 41.1 Å². The Morgan fingerprint density at radius 3 is 2.21 bits per heavy atom. The zero-order chi connectivity index (χ0) is 17.2. The highest BCUT2D eigenvalue weighted by Crippen LogP contribution is 2.29. The molecular weight excluding hydrogens is 343 g/mol. The number of anilines is 2. The molecule has 0 amide bonds. The summed E-state index contributed by atoms with van der Waals surface area (Å²) in [5.74, 6) is 1.24. The van der Waals surface area contributed by atoms with Crippen LogP contribution in [0.5, 0.6) is 0 Å². The number of pyridine rings is 1. The monoisotopic (exact) mass is 357 g/mol. The van der Waals surface area contributed by atoms with Gasteiger partial charge in [-0.15, -0.1) is 0 Å². The van der Waals surface area contributed by atoms with Gasteiger partial charge in [-0.3, -0.25) is 4.98 Å². The van der Waals surface area contributed by atoms with E-state index in [0.717, 1.165) is 25.2 Å². The third kappa shape index (κ3) is 3.87. The third-order valence-corrected chi connectivity index (χ3v) is 3.99. The molecule has 1 saturated heterocycles. The molecule has 3 rings (SSSR count). The molecule has 0 unspecified atom stereocenters. The molecule has 24 heavy (non-hydrogen) atoms. The normalized spacial score (nSPS) is 16.2. The molecule has 0 saturated carbocycles. The van der Waals surface area contributed by atoms with Crippen LogP contribution in [0.15, 0.2) is 30.7 Å². The second kappa shape index (κ2) is 6.80. The quantitative estimate of drug-likeness (QED) is 0.825. The van der Waals surface area contributed by atoms with Crippen LogP contribution in [0.25, 0.3) is 0 Å². The third-order valence-electron chi connectivity index (χ3n) is 3.81. The molecular formula is C15H15ClF3N5. The van der Waals surface area contributed by atoms with Crippen molar-refractivity contribution in [2.45, 2.75) is 12.6 Å². The number of rotatable bonds is 2. The van der Waals surface area contributed by atoms with Crippen LogP contribution in [0.4, 0.5) is 24.8 Å². The summed E-state index contributed by atoms with van der Waals surface area (Å²) in [7, 11) is 0. The number of hydrogen-bond donors (Lipinski definition) is 0. The number of aromatic nitrogens is 3. The zero-order valence-corrected chi connectivity index (χ0v) is 13.4. The average Bonchev–Trinajstić information content (AvgIpc) is 2.80. The van der Waals surface area contributed by atoms with E-state index in [-0.39, 0.29) is 0 Å². The molecule has 3 heterocycles. The van der Waals surface area contributed by atoms with Crippen molar-refractivity contribution < 1.29 is 13.2 Å². The van der Waals surface area contributed by atoms with E-state index in [1.54, 1.807) is 6.20 Å². The van der Waals surface area contributed by atoms with Crippen LogP contribution in [0.2, 0.25) is 5.15 Å². The number of hydrogen-bond acceptors (Lipinski definition) is 5. The molecule has 0 aliphatic carbocycles. The lowest BCUT2D eigenvalue weighted by molar-refractivity contribution is -0.137. The Labute approximate surface area is 142 Å². The molecule has 2 aromatic rings. The first-order valence-electron chi connectivity index (χ1n) is 7.44. The summed E-state index contributed by atoms with van der Waals surface area (Å²) in [5.41, 5.74) is -0.739. The summed E-state index contributed by atoms with van der Waals surface area (Å²) in [6, 6.07) is 2.48. The van der Waals surface area contributed by atoms with Gasteiger partial charge >= 0.3 is 6.18 Å². The summed E-state index contributed by atoms with van der Waals surface area (Å²) in [6.07, 6.45) is 0.461. The SMILES string of the molecule is FC(F)(F)c1ccc(N2CCCN(c3cncc(Cl)n3)CC2)nc1. The second-order valence-corrected chi connectivity index (χ2v) is 5.82. The van der Waals surface area contributed by atoms with Gasteiger partial charge in [-0.2, -0.15) is 13.2 Å². The average molecular weight is 358 g/mol. The van der Waals surface area contributed by atoms with E-state index in [1.807, 2.05) is 4.90 Å². The van der Waals surface area contributed by atoms with E-state index in [4.69, 9.17) is 11.6 Å². The first kappa shape index (κ1) is 16.8. The maximum atomic E-state index is 12.6. The van der Waals surface area contributed by atoms with Crippen LogP contribution >= 0.6 is 11.6 Å². The number of halogens is 4. The van der Waals surface area contributed by atoms with Gasteiger partial charge in [0.25, 0.3) is 0 Å². The topological polar surface area (TPSA) is 45.2 Å². The Balaban J connectivity index is 1.69. The minimum atomic E-state index is -4.37. The van der Waals surface area contributed by atoms with E-state index in [0.29, 0.717) is 36.4 Å². The van der Waals surface area contributed by atoms with Crippen molar-refractivity contribution in [2.75, 3.05) is 36.0 Å². The van der Waals surface area contributed by atoms with Gasteiger partial charge < -0.3 is 9.80 Å². The Morgan fingerprint density at radius 2 is 1.62 bits per heavy atom. The zero-order valence-electron chi connectivity index (χ0n) is 12.7. The van der Waals surface area contributed by atoms with E-state index in [9.17, 15) is 13.2 Å². The minimum Gasteiger partial charge on any atom is -0.355 e. The molecule has 1 fully saturated rings. The van der Waals surface area contributed by atoms with E-state index >= 15 is 0 Å². The molecule has 2 aromatic heterocycles. The highest BCUT2D eigenvalue weighted by molar-refractivity contribution is 6.29. The largest absolute Gasteiger partial charge is 0.417 e. The van der Waals surface area contributed by atoms with Gasteiger partial charge in [0, 0.05) is 32.4 Å². The molecule has 0 N–H and O–H groups in total. The molecule has 0 aromatic carbocycles. The number of nitrogens with zero attached hydrogens (tertiary/aromatic N) is 5. The molecule has 9 heteroatoms. The van der Waals surface area contributed by atoms with E-state index in [1.165, 1.54) is 12.3 Å². The van der Waals surface area contributed by atoms with Crippen molar-refractivity contribution >= 4 is 23.2 Å². The summed E-state index contributed by atoms with van der Waals surface area (Å²) in [5, 5.41) is 0.331. The van der Waals surface area contributed by atoms with Gasteiger partial charge in [0.2, 0.25) is 0 Å². The van der Waals surface area contributed by atoms with E-state index in [2.05, 4.69) is 19.9 Å². The molecule has 0 spiro atoms. The van der Waals surface area contributed by atoms with Crippen molar-refractivity contribution in [3.63, 3.8) is 0 Å². The van der Waals surface area contributed by atoms with Crippen LogP contribution in [0.1, 0.15) is 12.0 Å². The van der Waals surface area contributed by atoms with Crippen LogP contribution in [-0.2, 0) is 6.18 Å². The lowest BCUT2D eigenvalue weighted by Crippen LogP contribution is -2.31. The Hall–Kier alpha value is -2.09. The fraction of sp³-hybridized carbons (Fsp3) is 0.400. The van der Waals surface area contributed by atoms with Crippen molar-refractivity contribution in [3.8, 4) is 0 Å². The van der Waals surface area contributed by atoms with Gasteiger partial charge in [0.1, 0.15) is 16.8 Å². The first-order chi connectivity index (χ1) is 11.4. The maximum Gasteiger partial charge on any atom is 0.417 e. The Bertz CT molecular complexity index is 692. The second-order valence-electron chi connectivity index (χ2n) is 5.43. The molecule has 5 nitrogen and oxygen atoms in total. The van der Waals surface area contributed by atoms with Crippen molar-refractivity contribution in [1.29, 1.82) is 0 Å². The van der Waals surface area contributed by atoms with Gasteiger partial charge in [-0.05, 0) is 18.6 Å². The minimum absolute atomic E-state index is 0.331. The predicted octanol–water partition coefficient (Wildman–Crippen LogP) is 3.26. The molecule has 0 radical (unpaired) electrons. The Kier molecular flexibility index (Phi) is 4.75. The lowest BCUT2D eigenvalue weighted by Gasteiger charge is -2.23. The lowest BCUT2D eigenvalue weighted by atomic mass is 10.2. The van der Waals surface area contributed by atoms with E-state index < -0.39 is 11.7 Å². The van der Waals surface area contributed by atoms with Gasteiger partial charge in [0.15, 0.2) is 0 Å². The highest BCUT2D eigenvalue weighted by Gasteiger charge is 2.31. The smallest absolute Gasteiger partial charge is 0.355 e. The molecule has 0 atom stereocenters. The molecule has 128 valence electrons. The van der Waals surface area contributed by atoms with Crippen molar-refractivity contribution in [2.24, 2.45) is 0 Å². The van der Waals surface area contributed by atoms with Crippen LogP contribution < -0.4 is 9.80 Å². The summed E-state index contributed by atoms with van der Waals surface area (Å²) >= 11 is 5.87. The maximum absolute atomic E-state index is 12.6. The highest BCUT2D eigenvalue weighted by atomic mass is 35.5. The summed E-state index contributed by atoms with van der Waals surface area (Å²) in [4.78, 5) is 16.3. The summed E-state index contributed by atoms with van der Waals surface area (Å²) in [6.45, 7) is 2.78. The van der Waals surface area contributed by atoms with Gasteiger partial charge in [0.05, 0.1) is 18.0 Å². The molecule has 1 aliphatic rings. The van der Waals surface area contributed by atoms with Gasteiger partial charge in [-0.1, -0.05) is 11.6 Å². The molecule has 1 aliphatic heterocycles. The van der Waals surface area contributed by atoms with Crippen LogP contribution in [0.3, 0.4) is 0 Å². The fourth-order valence-electron chi connectivity index (χ4n) is 2.60. The van der Waals surface area contributed by atoms with Crippen LogP contribution in [0, 0.1) is 0 Å².